The number of amides is 1. The molecule has 144 valence electrons. The van der Waals surface area contributed by atoms with Gasteiger partial charge in [-0.05, 0) is 56.0 Å². The SMILES string of the molecule is CN(C)C(=O)C1CCC(Oc2ccc(-c3cc(C=O)ccn3)cc2C#N)CC1. The van der Waals surface area contributed by atoms with E-state index in [2.05, 4.69) is 11.1 Å². The summed E-state index contributed by atoms with van der Waals surface area (Å²) in [5, 5.41) is 9.54. The molecule has 1 heterocycles. The fraction of sp³-hybridized carbons (Fsp3) is 0.364. The van der Waals surface area contributed by atoms with Crippen molar-refractivity contribution in [2.45, 2.75) is 31.8 Å². The average molecular weight is 377 g/mol. The molecule has 0 bridgehead atoms. The number of pyridine rings is 1. The second-order valence-electron chi connectivity index (χ2n) is 7.24. The van der Waals surface area contributed by atoms with Crippen molar-refractivity contribution in [3.8, 4) is 23.1 Å². The monoisotopic (exact) mass is 377 g/mol. The largest absolute Gasteiger partial charge is 0.489 e. The number of rotatable bonds is 5. The van der Waals surface area contributed by atoms with Gasteiger partial charge in [0.2, 0.25) is 5.91 Å². The van der Waals surface area contributed by atoms with Gasteiger partial charge in [-0.2, -0.15) is 5.26 Å². The number of carbonyl (C=O) groups is 2. The highest BCUT2D eigenvalue weighted by Gasteiger charge is 2.28. The number of hydrogen-bond donors (Lipinski definition) is 0. The number of nitriles is 1. The Morgan fingerprint density at radius 2 is 1.96 bits per heavy atom. The van der Waals surface area contributed by atoms with Crippen molar-refractivity contribution >= 4 is 12.2 Å². The second-order valence-corrected chi connectivity index (χ2v) is 7.24. The molecule has 0 spiro atoms. The van der Waals surface area contributed by atoms with E-state index in [0.29, 0.717) is 22.6 Å². The summed E-state index contributed by atoms with van der Waals surface area (Å²) in [5.74, 6) is 0.773. The molecule has 1 aromatic heterocycles. The van der Waals surface area contributed by atoms with Crippen LogP contribution in [0.4, 0.5) is 0 Å². The Bertz CT molecular complexity index is 909. The predicted octanol–water partition coefficient (Wildman–Crippen LogP) is 3.46. The molecule has 0 N–H and O–H groups in total. The first-order chi connectivity index (χ1) is 13.5. The van der Waals surface area contributed by atoms with Crippen molar-refractivity contribution < 1.29 is 14.3 Å². The summed E-state index contributed by atoms with van der Waals surface area (Å²) in [4.78, 5) is 29.0. The smallest absolute Gasteiger partial charge is 0.225 e. The third-order valence-electron chi connectivity index (χ3n) is 5.07. The Balaban J connectivity index is 1.71. The Hall–Kier alpha value is -3.20. The molecule has 1 fully saturated rings. The number of aldehydes is 1. The van der Waals surface area contributed by atoms with Crippen LogP contribution in [0.1, 0.15) is 41.6 Å². The minimum atomic E-state index is 0.000628. The highest BCUT2D eigenvalue weighted by molar-refractivity contribution is 5.78. The van der Waals surface area contributed by atoms with Gasteiger partial charge in [0.1, 0.15) is 18.1 Å². The molecule has 1 aliphatic carbocycles. The number of nitrogens with zero attached hydrogens (tertiary/aromatic N) is 3. The fourth-order valence-corrected chi connectivity index (χ4v) is 3.53. The maximum Gasteiger partial charge on any atom is 0.225 e. The summed E-state index contributed by atoms with van der Waals surface area (Å²) in [6.45, 7) is 0. The molecular weight excluding hydrogens is 354 g/mol. The van der Waals surface area contributed by atoms with Gasteiger partial charge in [-0.15, -0.1) is 0 Å². The highest BCUT2D eigenvalue weighted by Crippen LogP contribution is 2.31. The molecule has 1 aromatic carbocycles. The summed E-state index contributed by atoms with van der Waals surface area (Å²) in [5.41, 5.74) is 2.36. The van der Waals surface area contributed by atoms with Crippen molar-refractivity contribution in [1.29, 1.82) is 5.26 Å². The maximum atomic E-state index is 12.1. The van der Waals surface area contributed by atoms with E-state index in [1.54, 1.807) is 49.5 Å². The molecule has 1 saturated carbocycles. The highest BCUT2D eigenvalue weighted by atomic mass is 16.5. The quantitative estimate of drug-likeness (QED) is 0.745. The van der Waals surface area contributed by atoms with E-state index < -0.39 is 0 Å². The summed E-state index contributed by atoms with van der Waals surface area (Å²) < 4.78 is 6.08. The molecule has 0 saturated heterocycles. The van der Waals surface area contributed by atoms with Gasteiger partial charge in [0.15, 0.2) is 0 Å². The van der Waals surface area contributed by atoms with E-state index in [4.69, 9.17) is 4.74 Å². The van der Waals surface area contributed by atoms with Crippen LogP contribution in [-0.2, 0) is 4.79 Å². The van der Waals surface area contributed by atoms with Crippen molar-refractivity contribution in [1.82, 2.24) is 9.88 Å². The zero-order valence-electron chi connectivity index (χ0n) is 16.1. The topological polar surface area (TPSA) is 83.3 Å². The number of carbonyl (C=O) groups excluding carboxylic acids is 2. The van der Waals surface area contributed by atoms with E-state index in [9.17, 15) is 14.9 Å². The number of ether oxygens (including phenoxy) is 1. The zero-order chi connectivity index (χ0) is 20.1. The second kappa shape index (κ2) is 8.66. The van der Waals surface area contributed by atoms with Gasteiger partial charge in [0.05, 0.1) is 17.4 Å². The molecule has 0 unspecified atom stereocenters. The first-order valence-corrected chi connectivity index (χ1v) is 9.35. The maximum absolute atomic E-state index is 12.1. The van der Waals surface area contributed by atoms with Crippen LogP contribution in [0.2, 0.25) is 0 Å². The third-order valence-corrected chi connectivity index (χ3v) is 5.07. The molecular formula is C22H23N3O3. The molecule has 6 heteroatoms. The van der Waals surface area contributed by atoms with Gasteiger partial charge in [0.25, 0.3) is 0 Å². The molecule has 0 aliphatic heterocycles. The van der Waals surface area contributed by atoms with Crippen LogP contribution in [0.3, 0.4) is 0 Å². The first kappa shape index (κ1) is 19.6. The number of hydrogen-bond acceptors (Lipinski definition) is 5. The Labute approximate surface area is 164 Å². The summed E-state index contributed by atoms with van der Waals surface area (Å²) in [7, 11) is 3.57. The fourth-order valence-electron chi connectivity index (χ4n) is 3.53. The predicted molar refractivity (Wildman–Crippen MR) is 105 cm³/mol. The van der Waals surface area contributed by atoms with Gasteiger partial charge in [-0.3, -0.25) is 14.6 Å². The molecule has 0 radical (unpaired) electrons. The van der Waals surface area contributed by atoms with Gasteiger partial charge in [0, 0.05) is 37.3 Å². The van der Waals surface area contributed by atoms with Crippen molar-refractivity contribution in [2.24, 2.45) is 5.92 Å². The molecule has 1 amide bonds. The number of benzene rings is 1. The van der Waals surface area contributed by atoms with Crippen LogP contribution in [0.25, 0.3) is 11.3 Å². The van der Waals surface area contributed by atoms with E-state index in [0.717, 1.165) is 37.5 Å². The Morgan fingerprint density at radius 3 is 2.61 bits per heavy atom. The van der Waals surface area contributed by atoms with Crippen LogP contribution >= 0.6 is 0 Å². The molecule has 0 atom stereocenters. The van der Waals surface area contributed by atoms with Crippen molar-refractivity contribution in [3.63, 3.8) is 0 Å². The lowest BCUT2D eigenvalue weighted by Crippen LogP contribution is -2.34. The molecule has 2 aromatic rings. The van der Waals surface area contributed by atoms with Crippen LogP contribution in [-0.4, -0.2) is 42.3 Å². The van der Waals surface area contributed by atoms with Gasteiger partial charge >= 0.3 is 0 Å². The summed E-state index contributed by atoms with van der Waals surface area (Å²) >= 11 is 0. The van der Waals surface area contributed by atoms with Crippen LogP contribution in [0.5, 0.6) is 5.75 Å². The van der Waals surface area contributed by atoms with E-state index >= 15 is 0 Å². The Morgan fingerprint density at radius 1 is 1.21 bits per heavy atom. The third kappa shape index (κ3) is 4.37. The Kier molecular flexibility index (Phi) is 6.05. The van der Waals surface area contributed by atoms with Crippen molar-refractivity contribution in [3.05, 3.63) is 47.7 Å². The lowest BCUT2D eigenvalue weighted by Gasteiger charge is -2.30. The standard InChI is InChI=1S/C22H23N3O3/c1-25(2)22(27)16-3-6-19(7-4-16)28-21-8-5-17(12-18(21)13-23)20-11-15(14-26)9-10-24-20/h5,8-12,14,16,19H,3-4,6-7H2,1-2H3. The minimum absolute atomic E-state index is 0.000628. The summed E-state index contributed by atoms with van der Waals surface area (Å²) in [6.07, 6.45) is 5.52. The van der Waals surface area contributed by atoms with E-state index in [1.165, 1.54) is 0 Å². The minimum Gasteiger partial charge on any atom is -0.489 e. The first-order valence-electron chi connectivity index (χ1n) is 9.35. The van der Waals surface area contributed by atoms with Crippen molar-refractivity contribution in [2.75, 3.05) is 14.1 Å². The summed E-state index contributed by atoms with van der Waals surface area (Å²) in [6, 6.07) is 10.9. The zero-order valence-corrected chi connectivity index (χ0v) is 16.1. The van der Waals surface area contributed by atoms with Gasteiger partial charge < -0.3 is 9.64 Å². The average Bonchev–Trinajstić information content (AvgIpc) is 2.74. The molecule has 1 aliphatic rings. The van der Waals surface area contributed by atoms with Crippen LogP contribution in [0, 0.1) is 17.2 Å². The van der Waals surface area contributed by atoms with E-state index in [1.807, 2.05) is 6.07 Å². The van der Waals surface area contributed by atoms with Crippen LogP contribution in [0.15, 0.2) is 36.5 Å². The van der Waals surface area contributed by atoms with Crippen LogP contribution < -0.4 is 4.74 Å². The lowest BCUT2D eigenvalue weighted by molar-refractivity contribution is -0.134. The lowest BCUT2D eigenvalue weighted by atomic mass is 9.86. The van der Waals surface area contributed by atoms with Gasteiger partial charge in [-0.25, -0.2) is 0 Å². The molecule has 28 heavy (non-hydrogen) atoms. The molecule has 6 nitrogen and oxygen atoms in total. The van der Waals surface area contributed by atoms with E-state index in [-0.39, 0.29) is 17.9 Å². The normalized spacial score (nSPS) is 18.8. The number of aromatic nitrogens is 1. The molecule has 3 rings (SSSR count). The van der Waals surface area contributed by atoms with Gasteiger partial charge in [-0.1, -0.05) is 0 Å².